The number of aliphatic hydroxyl groups is 1. The minimum atomic E-state index is -0.241. The van der Waals surface area contributed by atoms with Crippen molar-refractivity contribution in [2.24, 2.45) is 0 Å². The number of benzene rings is 1. The third kappa shape index (κ3) is 3.93. The number of carbonyl (C=O) groups is 2. The summed E-state index contributed by atoms with van der Waals surface area (Å²) in [6.07, 6.45) is 4.43. The Labute approximate surface area is 190 Å². The Bertz CT molecular complexity index is 1360. The van der Waals surface area contributed by atoms with Crippen LogP contribution >= 0.6 is 0 Å². The van der Waals surface area contributed by atoms with Gasteiger partial charge in [-0.2, -0.15) is 0 Å². The third-order valence-corrected chi connectivity index (χ3v) is 6.17. The molecule has 2 amide bonds. The van der Waals surface area contributed by atoms with Crippen LogP contribution in [0.4, 0.5) is 0 Å². The second-order valence-corrected chi connectivity index (χ2v) is 8.38. The van der Waals surface area contributed by atoms with E-state index < -0.39 is 0 Å². The van der Waals surface area contributed by atoms with Gasteiger partial charge < -0.3 is 19.7 Å². The van der Waals surface area contributed by atoms with E-state index in [1.807, 2.05) is 64.9 Å². The Morgan fingerprint density at radius 1 is 1.18 bits per heavy atom. The third-order valence-electron chi connectivity index (χ3n) is 6.17. The zero-order chi connectivity index (χ0) is 22.9. The van der Waals surface area contributed by atoms with Gasteiger partial charge >= 0.3 is 0 Å². The standard InChI is InChI=1S/C25H25N5O3/c1-16-5-4-10-29-15-22(28-23(16)29)25(33)30-11-8-17(14-30)21-13-19(24(32)26-9-12-31)18-6-2-3-7-20(18)27-21/h2-7,10,13,15,17,31H,8-9,11-12,14H2,1H3,(H,26,32). The highest BCUT2D eigenvalue weighted by molar-refractivity contribution is 6.06. The van der Waals surface area contributed by atoms with E-state index in [1.54, 1.807) is 6.20 Å². The monoisotopic (exact) mass is 443 g/mol. The summed E-state index contributed by atoms with van der Waals surface area (Å²) in [7, 11) is 0. The van der Waals surface area contributed by atoms with E-state index in [0.29, 0.717) is 24.3 Å². The van der Waals surface area contributed by atoms with Gasteiger partial charge in [0.25, 0.3) is 11.8 Å². The molecule has 0 spiro atoms. The summed E-state index contributed by atoms with van der Waals surface area (Å²) in [6, 6.07) is 13.3. The number of para-hydroxylation sites is 1. The number of rotatable bonds is 5. The van der Waals surface area contributed by atoms with Crippen LogP contribution in [0.15, 0.2) is 54.9 Å². The highest BCUT2D eigenvalue weighted by Crippen LogP contribution is 2.30. The molecule has 0 bridgehead atoms. The summed E-state index contributed by atoms with van der Waals surface area (Å²) in [6.45, 7) is 3.17. The topological polar surface area (TPSA) is 99.8 Å². The number of hydrogen-bond acceptors (Lipinski definition) is 5. The van der Waals surface area contributed by atoms with E-state index in [-0.39, 0.29) is 30.9 Å². The molecule has 1 saturated heterocycles. The van der Waals surface area contributed by atoms with Crippen molar-refractivity contribution in [1.29, 1.82) is 0 Å². The Balaban J connectivity index is 1.41. The lowest BCUT2D eigenvalue weighted by Crippen LogP contribution is -2.29. The van der Waals surface area contributed by atoms with Gasteiger partial charge in [0.05, 0.1) is 17.7 Å². The minimum absolute atomic E-state index is 0.0294. The maximum Gasteiger partial charge on any atom is 0.274 e. The molecule has 3 aromatic heterocycles. The van der Waals surface area contributed by atoms with E-state index in [9.17, 15) is 9.59 Å². The van der Waals surface area contributed by atoms with Crippen molar-refractivity contribution in [2.75, 3.05) is 26.2 Å². The molecule has 1 atom stereocenters. The largest absolute Gasteiger partial charge is 0.395 e. The van der Waals surface area contributed by atoms with Crippen LogP contribution in [0.1, 0.15) is 44.4 Å². The lowest BCUT2D eigenvalue weighted by atomic mass is 9.99. The Morgan fingerprint density at radius 3 is 2.85 bits per heavy atom. The molecule has 0 aliphatic carbocycles. The summed E-state index contributed by atoms with van der Waals surface area (Å²) in [5, 5.41) is 12.6. The lowest BCUT2D eigenvalue weighted by molar-refractivity contribution is 0.0785. The van der Waals surface area contributed by atoms with Gasteiger partial charge in [0.15, 0.2) is 0 Å². The molecular formula is C25H25N5O3. The maximum absolute atomic E-state index is 13.2. The Morgan fingerprint density at radius 2 is 2.03 bits per heavy atom. The van der Waals surface area contributed by atoms with Gasteiger partial charge in [0.2, 0.25) is 0 Å². The SMILES string of the molecule is Cc1cccn2cc(C(=O)N3CCC(c4cc(C(=O)NCCO)c5ccccc5n4)C3)nc12. The number of fused-ring (bicyclic) bond motifs is 2. The molecule has 0 radical (unpaired) electrons. The van der Waals surface area contributed by atoms with Gasteiger partial charge in [-0.1, -0.05) is 24.3 Å². The summed E-state index contributed by atoms with van der Waals surface area (Å²) in [5.41, 5.74) is 4.30. The molecular weight excluding hydrogens is 418 g/mol. The molecule has 0 saturated carbocycles. The second-order valence-electron chi connectivity index (χ2n) is 8.38. The number of hydrogen-bond donors (Lipinski definition) is 2. The fraction of sp³-hybridized carbons (Fsp3) is 0.280. The number of amides is 2. The lowest BCUT2D eigenvalue weighted by Gasteiger charge is -2.16. The number of aryl methyl sites for hydroxylation is 1. The van der Waals surface area contributed by atoms with E-state index in [2.05, 4.69) is 10.3 Å². The zero-order valence-electron chi connectivity index (χ0n) is 18.4. The molecule has 8 heteroatoms. The first-order chi connectivity index (χ1) is 16.0. The predicted octanol–water partition coefficient (Wildman–Crippen LogP) is 2.54. The number of imidazole rings is 1. The fourth-order valence-corrected chi connectivity index (χ4v) is 4.46. The van der Waals surface area contributed by atoms with Crippen LogP contribution in [0.2, 0.25) is 0 Å². The molecule has 33 heavy (non-hydrogen) atoms. The smallest absolute Gasteiger partial charge is 0.274 e. The number of nitrogens with zero attached hydrogens (tertiary/aromatic N) is 4. The number of pyridine rings is 2. The second kappa shape index (κ2) is 8.63. The molecule has 4 aromatic rings. The maximum atomic E-state index is 13.2. The molecule has 5 rings (SSSR count). The molecule has 1 aliphatic heterocycles. The normalized spacial score (nSPS) is 15.9. The van der Waals surface area contributed by atoms with Crippen molar-refractivity contribution in [3.8, 4) is 0 Å². The van der Waals surface area contributed by atoms with Crippen molar-refractivity contribution >= 4 is 28.4 Å². The van der Waals surface area contributed by atoms with Crippen molar-refractivity contribution in [2.45, 2.75) is 19.3 Å². The van der Waals surface area contributed by atoms with Gasteiger partial charge in [0, 0.05) is 49.0 Å². The summed E-state index contributed by atoms with van der Waals surface area (Å²) in [5.74, 6) is -0.307. The predicted molar refractivity (Wildman–Crippen MR) is 124 cm³/mol. The Kier molecular flexibility index (Phi) is 5.51. The molecule has 2 N–H and O–H groups in total. The van der Waals surface area contributed by atoms with Crippen LogP contribution in [0.25, 0.3) is 16.6 Å². The summed E-state index contributed by atoms with van der Waals surface area (Å²) in [4.78, 5) is 37.0. The van der Waals surface area contributed by atoms with E-state index in [0.717, 1.165) is 34.2 Å². The minimum Gasteiger partial charge on any atom is -0.395 e. The van der Waals surface area contributed by atoms with Crippen LogP contribution in [-0.4, -0.2) is 62.4 Å². The van der Waals surface area contributed by atoms with Crippen LogP contribution in [-0.2, 0) is 0 Å². The van der Waals surface area contributed by atoms with Crippen LogP contribution in [0, 0.1) is 6.92 Å². The van der Waals surface area contributed by atoms with Gasteiger partial charge in [-0.15, -0.1) is 0 Å². The first-order valence-corrected chi connectivity index (χ1v) is 11.1. The van der Waals surface area contributed by atoms with Crippen molar-refractivity contribution in [1.82, 2.24) is 24.6 Å². The number of carbonyl (C=O) groups excluding carboxylic acids is 2. The van der Waals surface area contributed by atoms with Crippen molar-refractivity contribution < 1.29 is 14.7 Å². The molecule has 8 nitrogen and oxygen atoms in total. The van der Waals surface area contributed by atoms with Crippen LogP contribution in [0.5, 0.6) is 0 Å². The van der Waals surface area contributed by atoms with Crippen molar-refractivity contribution in [3.63, 3.8) is 0 Å². The highest BCUT2D eigenvalue weighted by Gasteiger charge is 2.31. The van der Waals surface area contributed by atoms with Crippen LogP contribution < -0.4 is 5.32 Å². The van der Waals surface area contributed by atoms with Gasteiger partial charge in [-0.05, 0) is 37.1 Å². The molecule has 1 fully saturated rings. The zero-order valence-corrected chi connectivity index (χ0v) is 18.4. The fourth-order valence-electron chi connectivity index (χ4n) is 4.46. The van der Waals surface area contributed by atoms with E-state index >= 15 is 0 Å². The highest BCUT2D eigenvalue weighted by atomic mass is 16.3. The molecule has 1 aliphatic rings. The van der Waals surface area contributed by atoms with Crippen molar-refractivity contribution in [3.05, 3.63) is 77.4 Å². The summed E-state index contributed by atoms with van der Waals surface area (Å²) >= 11 is 0. The number of aliphatic hydroxyl groups excluding tert-OH is 1. The molecule has 1 aromatic carbocycles. The van der Waals surface area contributed by atoms with Gasteiger partial charge in [-0.25, -0.2) is 4.98 Å². The first-order valence-electron chi connectivity index (χ1n) is 11.1. The number of nitrogens with one attached hydrogen (secondary N) is 1. The van der Waals surface area contributed by atoms with E-state index in [1.165, 1.54) is 0 Å². The van der Waals surface area contributed by atoms with E-state index in [4.69, 9.17) is 10.1 Å². The Hall–Kier alpha value is -3.78. The van der Waals surface area contributed by atoms with Gasteiger partial charge in [0.1, 0.15) is 11.3 Å². The summed E-state index contributed by atoms with van der Waals surface area (Å²) < 4.78 is 1.87. The average Bonchev–Trinajstić information content (AvgIpc) is 3.50. The van der Waals surface area contributed by atoms with Crippen LogP contribution in [0.3, 0.4) is 0 Å². The number of aromatic nitrogens is 3. The first kappa shape index (κ1) is 21.1. The molecule has 1 unspecified atom stereocenters. The van der Waals surface area contributed by atoms with Gasteiger partial charge in [-0.3, -0.25) is 14.6 Å². The quantitative estimate of drug-likeness (QED) is 0.494. The average molecular weight is 444 g/mol. The molecule has 168 valence electrons. The molecule has 4 heterocycles. The number of likely N-dealkylation sites (tertiary alicyclic amines) is 1.